The van der Waals surface area contributed by atoms with Gasteiger partial charge < -0.3 is 4.57 Å². The zero-order valence-corrected chi connectivity index (χ0v) is 21.7. The summed E-state index contributed by atoms with van der Waals surface area (Å²) in [7, 11) is -1.69. The number of hydrogen-bond donors (Lipinski definition) is 0. The summed E-state index contributed by atoms with van der Waals surface area (Å²) in [6.07, 6.45) is 3.51. The maximum Gasteiger partial charge on any atom is 0.279 e. The zero-order valence-electron chi connectivity index (χ0n) is 20.1. The van der Waals surface area contributed by atoms with Crippen LogP contribution in [0.25, 0.3) is 10.2 Å². The molecule has 0 atom stereocenters. The van der Waals surface area contributed by atoms with Crippen LogP contribution in [-0.4, -0.2) is 36.3 Å². The first-order chi connectivity index (χ1) is 15.7. The Labute approximate surface area is 200 Å². The summed E-state index contributed by atoms with van der Waals surface area (Å²) < 4.78 is 30.8. The van der Waals surface area contributed by atoms with Gasteiger partial charge >= 0.3 is 0 Å². The fraction of sp³-hybridized carbons (Fsp3) is 0.440. The molecule has 1 aromatic heterocycles. The van der Waals surface area contributed by atoms with Crippen molar-refractivity contribution in [2.45, 2.75) is 58.3 Å². The average molecular weight is 488 g/mol. The lowest BCUT2D eigenvalue weighted by Gasteiger charge is -2.22. The number of benzene rings is 2. The van der Waals surface area contributed by atoms with Gasteiger partial charge in [-0.1, -0.05) is 38.0 Å². The predicted molar refractivity (Wildman–Crippen MR) is 135 cm³/mol. The van der Waals surface area contributed by atoms with E-state index in [9.17, 15) is 13.2 Å². The Morgan fingerprint density at radius 3 is 2.15 bits per heavy atom. The topological polar surface area (TPSA) is 71.7 Å². The van der Waals surface area contributed by atoms with Crippen molar-refractivity contribution in [1.82, 2.24) is 8.87 Å². The molecule has 1 amide bonds. The molecular formula is C25H33N3O3S2. The van der Waals surface area contributed by atoms with E-state index in [2.05, 4.69) is 31.0 Å². The Balaban J connectivity index is 1.88. The maximum absolute atomic E-state index is 13.1. The second kappa shape index (κ2) is 10.8. The number of carbonyl (C=O) groups is 1. The Bertz CT molecular complexity index is 1300. The van der Waals surface area contributed by atoms with E-state index >= 15 is 0 Å². The molecule has 3 rings (SSSR count). The molecule has 0 aliphatic rings. The predicted octanol–water partition coefficient (Wildman–Crippen LogP) is 5.19. The van der Waals surface area contributed by atoms with Crippen molar-refractivity contribution in [3.8, 4) is 0 Å². The van der Waals surface area contributed by atoms with Crippen molar-refractivity contribution in [2.75, 3.05) is 13.1 Å². The van der Waals surface area contributed by atoms with E-state index in [0.717, 1.165) is 35.9 Å². The number of amides is 1. The second-order valence-corrected chi connectivity index (χ2v) is 11.3. The van der Waals surface area contributed by atoms with Crippen LogP contribution in [0.3, 0.4) is 0 Å². The highest BCUT2D eigenvalue weighted by molar-refractivity contribution is 7.89. The highest BCUT2D eigenvalue weighted by Gasteiger charge is 2.23. The number of thiazole rings is 1. The molecule has 178 valence electrons. The Morgan fingerprint density at radius 2 is 1.58 bits per heavy atom. The second-order valence-electron chi connectivity index (χ2n) is 8.40. The van der Waals surface area contributed by atoms with Gasteiger partial charge in [0.05, 0.1) is 15.1 Å². The number of fused-ring (bicyclic) bond motifs is 1. The molecule has 0 saturated heterocycles. The average Bonchev–Trinajstić information content (AvgIpc) is 3.08. The first kappa shape index (κ1) is 25.3. The van der Waals surface area contributed by atoms with Gasteiger partial charge in [0.1, 0.15) is 0 Å². The van der Waals surface area contributed by atoms with Crippen molar-refractivity contribution in [2.24, 2.45) is 12.0 Å². The molecule has 0 spiro atoms. The summed E-state index contributed by atoms with van der Waals surface area (Å²) in [5, 5.41) is 0. The van der Waals surface area contributed by atoms with E-state index in [1.807, 2.05) is 25.5 Å². The normalized spacial score (nSPS) is 12.7. The number of hydrogen-bond acceptors (Lipinski definition) is 4. The lowest BCUT2D eigenvalue weighted by molar-refractivity contribution is 0.0998. The minimum Gasteiger partial charge on any atom is -0.319 e. The third-order valence-corrected chi connectivity index (χ3v) is 8.89. The minimum atomic E-state index is -3.59. The van der Waals surface area contributed by atoms with Gasteiger partial charge in [0.15, 0.2) is 4.80 Å². The van der Waals surface area contributed by atoms with Gasteiger partial charge in [-0.2, -0.15) is 9.30 Å². The quantitative estimate of drug-likeness (QED) is 0.417. The third-order valence-electron chi connectivity index (χ3n) is 5.88. The first-order valence-electron chi connectivity index (χ1n) is 11.4. The standard InChI is InChI=1S/C25H33N3O3S2/c1-6-8-14-28(15-9-7-2)33(30,31)21-12-10-20(11-13-21)24(29)26-25-27(5)22-16-18(3)19(4)17-23(22)32-25/h10-13,16-17H,6-9,14-15H2,1-5H3. The first-order valence-corrected chi connectivity index (χ1v) is 13.7. The SMILES string of the molecule is CCCCN(CCCC)S(=O)(=O)c1ccc(C(=O)N=c2sc3cc(C)c(C)cc3n2C)cc1. The largest absolute Gasteiger partial charge is 0.319 e. The van der Waals surface area contributed by atoms with E-state index in [0.29, 0.717) is 23.5 Å². The minimum absolute atomic E-state index is 0.213. The molecule has 0 N–H and O–H groups in total. The number of aryl methyl sites for hydroxylation is 3. The summed E-state index contributed by atoms with van der Waals surface area (Å²) in [6, 6.07) is 10.4. The fourth-order valence-corrected chi connectivity index (χ4v) is 6.19. The molecule has 2 aromatic carbocycles. The van der Waals surface area contributed by atoms with Crippen LogP contribution in [0.2, 0.25) is 0 Å². The van der Waals surface area contributed by atoms with Crippen LogP contribution in [0.4, 0.5) is 0 Å². The molecule has 0 radical (unpaired) electrons. The molecule has 1 heterocycles. The lowest BCUT2D eigenvalue weighted by Crippen LogP contribution is -2.33. The van der Waals surface area contributed by atoms with Crippen LogP contribution in [0.1, 0.15) is 61.0 Å². The molecule has 0 fully saturated rings. The van der Waals surface area contributed by atoms with Crippen LogP contribution < -0.4 is 4.80 Å². The van der Waals surface area contributed by atoms with Crippen LogP contribution in [0, 0.1) is 13.8 Å². The maximum atomic E-state index is 13.1. The van der Waals surface area contributed by atoms with Crippen LogP contribution in [0.5, 0.6) is 0 Å². The number of unbranched alkanes of at least 4 members (excludes halogenated alkanes) is 2. The highest BCUT2D eigenvalue weighted by Crippen LogP contribution is 2.22. The van der Waals surface area contributed by atoms with Gasteiger partial charge in [-0.25, -0.2) is 8.42 Å². The molecule has 0 saturated carbocycles. The molecule has 0 unspecified atom stereocenters. The molecule has 3 aromatic rings. The molecule has 0 aliphatic carbocycles. The lowest BCUT2D eigenvalue weighted by atomic mass is 10.1. The van der Waals surface area contributed by atoms with Gasteiger partial charge in [-0.05, 0) is 74.2 Å². The Kier molecular flexibility index (Phi) is 8.26. The van der Waals surface area contributed by atoms with E-state index in [-0.39, 0.29) is 10.8 Å². The smallest absolute Gasteiger partial charge is 0.279 e. The molecule has 0 bridgehead atoms. The monoisotopic (exact) mass is 487 g/mol. The van der Waals surface area contributed by atoms with Gasteiger partial charge in [0, 0.05) is 25.7 Å². The van der Waals surface area contributed by atoms with Crippen molar-refractivity contribution >= 4 is 37.5 Å². The summed E-state index contributed by atoms with van der Waals surface area (Å²) in [4.78, 5) is 18.0. The molecule has 0 aliphatic heterocycles. The van der Waals surface area contributed by atoms with Crippen molar-refractivity contribution in [3.05, 3.63) is 57.9 Å². The van der Waals surface area contributed by atoms with Gasteiger partial charge in [-0.3, -0.25) is 4.79 Å². The fourth-order valence-electron chi connectivity index (χ4n) is 3.58. The summed E-state index contributed by atoms with van der Waals surface area (Å²) in [5.41, 5.74) is 3.80. The van der Waals surface area contributed by atoms with E-state index in [1.54, 1.807) is 16.4 Å². The number of sulfonamides is 1. The summed E-state index contributed by atoms with van der Waals surface area (Å²) in [5.74, 6) is -0.386. The van der Waals surface area contributed by atoms with Gasteiger partial charge in [-0.15, -0.1) is 0 Å². The van der Waals surface area contributed by atoms with Gasteiger partial charge in [0.2, 0.25) is 10.0 Å². The van der Waals surface area contributed by atoms with E-state index < -0.39 is 10.0 Å². The molecule has 33 heavy (non-hydrogen) atoms. The van der Waals surface area contributed by atoms with Crippen molar-refractivity contribution in [3.63, 3.8) is 0 Å². The summed E-state index contributed by atoms with van der Waals surface area (Å²) in [6.45, 7) is 9.25. The number of rotatable bonds is 9. The van der Waals surface area contributed by atoms with Crippen LogP contribution in [0.15, 0.2) is 46.3 Å². The van der Waals surface area contributed by atoms with E-state index in [4.69, 9.17) is 0 Å². The van der Waals surface area contributed by atoms with Crippen molar-refractivity contribution < 1.29 is 13.2 Å². The number of carbonyl (C=O) groups excluding carboxylic acids is 1. The third kappa shape index (κ3) is 5.62. The molecule has 6 nitrogen and oxygen atoms in total. The highest BCUT2D eigenvalue weighted by atomic mass is 32.2. The number of nitrogens with zero attached hydrogens (tertiary/aromatic N) is 3. The Morgan fingerprint density at radius 1 is 1.00 bits per heavy atom. The van der Waals surface area contributed by atoms with Crippen LogP contribution >= 0.6 is 11.3 Å². The van der Waals surface area contributed by atoms with Crippen molar-refractivity contribution in [1.29, 1.82) is 0 Å². The zero-order chi connectivity index (χ0) is 24.2. The molecular weight excluding hydrogens is 454 g/mol. The number of aromatic nitrogens is 1. The van der Waals surface area contributed by atoms with E-state index in [1.165, 1.54) is 34.6 Å². The van der Waals surface area contributed by atoms with Gasteiger partial charge in [0.25, 0.3) is 5.91 Å². The Hall–Kier alpha value is -2.29. The van der Waals surface area contributed by atoms with Crippen LogP contribution in [-0.2, 0) is 17.1 Å². The molecule has 8 heteroatoms. The summed E-state index contributed by atoms with van der Waals surface area (Å²) >= 11 is 1.47.